The van der Waals surface area contributed by atoms with Crippen molar-refractivity contribution in [3.63, 3.8) is 0 Å². The van der Waals surface area contributed by atoms with Gasteiger partial charge in [0.25, 0.3) is 5.91 Å². The molecule has 0 spiro atoms. The quantitative estimate of drug-likeness (QED) is 0.526. The molecule has 0 bridgehead atoms. The lowest BCUT2D eigenvalue weighted by Gasteiger charge is -2.45. The molecule has 3 aromatic rings. The molecule has 1 saturated carbocycles. The van der Waals surface area contributed by atoms with E-state index in [1.54, 1.807) is 11.2 Å². The highest BCUT2D eigenvalue weighted by Crippen LogP contribution is 2.34. The number of hydrogen-bond donors (Lipinski definition) is 1. The van der Waals surface area contributed by atoms with E-state index in [1.165, 1.54) is 12.8 Å². The molecule has 1 fully saturated rings. The molecule has 6 nitrogen and oxygen atoms in total. The van der Waals surface area contributed by atoms with E-state index in [-0.39, 0.29) is 17.9 Å². The van der Waals surface area contributed by atoms with E-state index in [9.17, 15) is 9.59 Å². The summed E-state index contributed by atoms with van der Waals surface area (Å²) in [4.78, 5) is 29.5. The van der Waals surface area contributed by atoms with Crippen LogP contribution >= 0.6 is 0 Å². The number of aryl methyl sites for hydroxylation is 1. The lowest BCUT2D eigenvalue weighted by atomic mass is 9.92. The minimum Gasteiger partial charge on any atom is -0.463 e. The molecular formula is C28H33N3O3. The van der Waals surface area contributed by atoms with E-state index < -0.39 is 5.54 Å². The number of hydrogen-bond acceptors (Lipinski definition) is 3. The smallest absolute Gasteiger partial charge is 0.271 e. The summed E-state index contributed by atoms with van der Waals surface area (Å²) < 4.78 is 7.58. The monoisotopic (exact) mass is 459 g/mol. The van der Waals surface area contributed by atoms with Crippen molar-refractivity contribution in [3.8, 4) is 11.5 Å². The molecule has 2 amide bonds. The first kappa shape index (κ1) is 22.5. The van der Waals surface area contributed by atoms with Crippen LogP contribution in [0.3, 0.4) is 0 Å². The highest BCUT2D eigenvalue weighted by atomic mass is 16.3. The SMILES string of the molecule is Cc1cccc(CN2C(=O)c3ccc(-c4ccco4)n3CC2(C)C(=O)NC2CCCCCC2)c1. The molecule has 2 aliphatic rings. The molecule has 5 rings (SSSR count). The summed E-state index contributed by atoms with van der Waals surface area (Å²) in [6.45, 7) is 4.71. The van der Waals surface area contributed by atoms with Gasteiger partial charge in [-0.1, -0.05) is 55.5 Å². The van der Waals surface area contributed by atoms with E-state index >= 15 is 0 Å². The van der Waals surface area contributed by atoms with Crippen LogP contribution in [0.15, 0.2) is 59.2 Å². The Morgan fingerprint density at radius 3 is 2.53 bits per heavy atom. The van der Waals surface area contributed by atoms with Crippen molar-refractivity contribution in [2.24, 2.45) is 0 Å². The predicted octanol–water partition coefficient (Wildman–Crippen LogP) is 5.31. The minimum atomic E-state index is -1.03. The van der Waals surface area contributed by atoms with Gasteiger partial charge in [-0.15, -0.1) is 0 Å². The van der Waals surface area contributed by atoms with Crippen molar-refractivity contribution in [1.82, 2.24) is 14.8 Å². The topological polar surface area (TPSA) is 67.5 Å². The fourth-order valence-electron chi connectivity index (χ4n) is 5.42. The number of fused-ring (bicyclic) bond motifs is 1. The van der Waals surface area contributed by atoms with E-state index in [0.29, 0.717) is 24.5 Å². The zero-order valence-corrected chi connectivity index (χ0v) is 20.0. The summed E-state index contributed by atoms with van der Waals surface area (Å²) in [6.07, 6.45) is 8.35. The molecule has 1 N–H and O–H groups in total. The molecule has 2 aromatic heterocycles. The van der Waals surface area contributed by atoms with Crippen LogP contribution in [0.4, 0.5) is 0 Å². The average molecular weight is 460 g/mol. The van der Waals surface area contributed by atoms with Gasteiger partial charge >= 0.3 is 0 Å². The van der Waals surface area contributed by atoms with Crippen LogP contribution in [0.2, 0.25) is 0 Å². The van der Waals surface area contributed by atoms with Crippen molar-refractivity contribution >= 4 is 11.8 Å². The largest absolute Gasteiger partial charge is 0.463 e. The third-order valence-corrected chi connectivity index (χ3v) is 7.38. The Balaban J connectivity index is 1.52. The molecule has 3 heterocycles. The number of benzene rings is 1. The van der Waals surface area contributed by atoms with E-state index in [4.69, 9.17) is 4.42 Å². The molecule has 1 aliphatic heterocycles. The van der Waals surface area contributed by atoms with Crippen LogP contribution in [0.25, 0.3) is 11.5 Å². The first-order valence-corrected chi connectivity index (χ1v) is 12.4. The minimum absolute atomic E-state index is 0.0786. The van der Waals surface area contributed by atoms with Crippen LogP contribution < -0.4 is 5.32 Å². The number of carbonyl (C=O) groups excluding carboxylic acids is 2. The molecule has 1 aliphatic carbocycles. The zero-order valence-electron chi connectivity index (χ0n) is 20.0. The Hall–Kier alpha value is -3.28. The van der Waals surface area contributed by atoms with E-state index in [0.717, 1.165) is 42.5 Å². The van der Waals surface area contributed by atoms with Gasteiger partial charge in [-0.2, -0.15) is 0 Å². The summed E-state index contributed by atoms with van der Waals surface area (Å²) in [7, 11) is 0. The van der Waals surface area contributed by atoms with Crippen molar-refractivity contribution in [2.45, 2.75) is 77.0 Å². The zero-order chi connectivity index (χ0) is 23.7. The van der Waals surface area contributed by atoms with Crippen LogP contribution in [-0.2, 0) is 17.9 Å². The normalized spacial score (nSPS) is 21.2. The molecule has 6 heteroatoms. The fraction of sp³-hybridized carbons (Fsp3) is 0.429. The van der Waals surface area contributed by atoms with Gasteiger partial charge in [-0.05, 0) is 56.5 Å². The molecule has 1 unspecified atom stereocenters. The maximum atomic E-state index is 13.9. The van der Waals surface area contributed by atoms with Gasteiger partial charge in [0, 0.05) is 12.6 Å². The maximum absolute atomic E-state index is 13.9. The summed E-state index contributed by atoms with van der Waals surface area (Å²) in [5.41, 5.74) is 2.53. The molecule has 1 aromatic carbocycles. The molecule has 0 radical (unpaired) electrons. The number of aromatic nitrogens is 1. The Morgan fingerprint density at radius 1 is 1.06 bits per heavy atom. The summed E-state index contributed by atoms with van der Waals surface area (Å²) in [6, 6.07) is 15.8. The van der Waals surface area contributed by atoms with Gasteiger partial charge in [0.2, 0.25) is 5.91 Å². The Kier molecular flexibility index (Phi) is 6.07. The van der Waals surface area contributed by atoms with Gasteiger partial charge in [0.15, 0.2) is 0 Å². The summed E-state index contributed by atoms with van der Waals surface area (Å²) in [5, 5.41) is 3.32. The second kappa shape index (κ2) is 9.16. The first-order chi connectivity index (χ1) is 16.5. The van der Waals surface area contributed by atoms with E-state index in [1.807, 2.05) is 60.9 Å². The van der Waals surface area contributed by atoms with Crippen LogP contribution in [0.5, 0.6) is 0 Å². The van der Waals surface area contributed by atoms with Crippen molar-refractivity contribution in [3.05, 3.63) is 71.6 Å². The Bertz CT molecular complexity index is 1170. The lowest BCUT2D eigenvalue weighted by Crippen LogP contribution is -2.64. The van der Waals surface area contributed by atoms with Crippen molar-refractivity contribution in [2.75, 3.05) is 0 Å². The van der Waals surface area contributed by atoms with Gasteiger partial charge in [0.05, 0.1) is 18.5 Å². The second-order valence-corrected chi connectivity index (χ2v) is 9.98. The summed E-state index contributed by atoms with van der Waals surface area (Å²) >= 11 is 0. The lowest BCUT2D eigenvalue weighted by molar-refractivity contribution is -0.134. The third kappa shape index (κ3) is 4.17. The van der Waals surface area contributed by atoms with Crippen molar-refractivity contribution < 1.29 is 14.0 Å². The average Bonchev–Trinajstić information content (AvgIpc) is 3.41. The Labute approximate surface area is 200 Å². The highest BCUT2D eigenvalue weighted by Gasteiger charge is 2.48. The molecule has 34 heavy (non-hydrogen) atoms. The first-order valence-electron chi connectivity index (χ1n) is 12.4. The number of amides is 2. The number of nitrogens with one attached hydrogen (secondary N) is 1. The second-order valence-electron chi connectivity index (χ2n) is 9.98. The van der Waals surface area contributed by atoms with Crippen LogP contribution in [-0.4, -0.2) is 32.9 Å². The van der Waals surface area contributed by atoms with E-state index in [2.05, 4.69) is 11.4 Å². The Morgan fingerprint density at radius 2 is 1.82 bits per heavy atom. The van der Waals surface area contributed by atoms with Crippen molar-refractivity contribution in [1.29, 1.82) is 0 Å². The molecular weight excluding hydrogens is 426 g/mol. The van der Waals surface area contributed by atoms with Crippen LogP contribution in [0.1, 0.15) is 67.1 Å². The molecule has 178 valence electrons. The maximum Gasteiger partial charge on any atom is 0.271 e. The standard InChI is InChI=1S/C28H33N3O3/c1-20-9-7-10-21(17-20)18-31-26(32)24-15-14-23(25-13-8-16-34-25)30(24)19-28(31,2)27(33)29-22-11-5-3-4-6-12-22/h7-10,13-17,22H,3-6,11-12,18-19H2,1-2H3,(H,29,33). The third-order valence-electron chi connectivity index (χ3n) is 7.38. The molecule has 1 atom stereocenters. The predicted molar refractivity (Wildman–Crippen MR) is 131 cm³/mol. The van der Waals surface area contributed by atoms with Gasteiger partial charge in [0.1, 0.15) is 17.0 Å². The number of carbonyl (C=O) groups is 2. The summed E-state index contributed by atoms with van der Waals surface area (Å²) in [5.74, 6) is 0.479. The van der Waals surface area contributed by atoms with Gasteiger partial charge < -0.3 is 19.2 Å². The number of rotatable bonds is 5. The van der Waals surface area contributed by atoms with Gasteiger partial charge in [-0.3, -0.25) is 9.59 Å². The molecule has 0 saturated heterocycles. The number of nitrogens with zero attached hydrogens (tertiary/aromatic N) is 2. The van der Waals surface area contributed by atoms with Gasteiger partial charge in [-0.25, -0.2) is 0 Å². The highest BCUT2D eigenvalue weighted by molar-refractivity contribution is 6.00. The fourth-order valence-corrected chi connectivity index (χ4v) is 5.42. The number of furan rings is 1. The van der Waals surface area contributed by atoms with Crippen LogP contribution in [0, 0.1) is 6.92 Å².